The smallest absolute Gasteiger partial charge is 0.136 e. The first-order valence-corrected chi connectivity index (χ1v) is 16.7. The van der Waals surface area contributed by atoms with Crippen LogP contribution >= 0.6 is 0 Å². The van der Waals surface area contributed by atoms with Gasteiger partial charge in [0.1, 0.15) is 16.9 Å². The highest BCUT2D eigenvalue weighted by Gasteiger charge is 2.45. The first-order valence-electron chi connectivity index (χ1n) is 16.7. The van der Waals surface area contributed by atoms with Gasteiger partial charge in [0.05, 0.1) is 6.20 Å². The van der Waals surface area contributed by atoms with E-state index in [4.69, 9.17) is 9.63 Å². The molecule has 48 heavy (non-hydrogen) atoms. The minimum Gasteiger partial charge on any atom is -0.456 e. The quantitative estimate of drug-likeness (QED) is 0.192. The molecule has 0 saturated heterocycles. The number of para-hydroxylation sites is 3. The Bertz CT molecular complexity index is 2470. The third-order valence-corrected chi connectivity index (χ3v) is 10.5. The van der Waals surface area contributed by atoms with Gasteiger partial charge in [0, 0.05) is 56.9 Å². The second-order valence-electron chi connectivity index (χ2n) is 13.1. The second kappa shape index (κ2) is 10.5. The maximum absolute atomic E-state index is 6.18. The Morgan fingerprint density at radius 1 is 0.771 bits per heavy atom. The van der Waals surface area contributed by atoms with E-state index in [9.17, 15) is 0 Å². The normalized spacial score (nSPS) is 20.9. The standard InChI is InChI=1S/C43H32N4O/c1-27-9-5-7-13-37(27)47(31-10-3-2-4-11-31)39-24-19-29-15-21-34-38(23-18-28-16-22-35(39)43(29)42(28)34)46-26-36(44-45-46)30-17-20-33-32-12-6-8-14-40(32)48-41(33)25-30/h2-20,22-26,34,42-43H,21H2,1H3/t34?,42-,43?/m0/s1. The molecule has 230 valence electrons. The average Bonchev–Trinajstić information content (AvgIpc) is 3.77. The van der Waals surface area contributed by atoms with Crippen molar-refractivity contribution in [2.24, 2.45) is 17.8 Å². The van der Waals surface area contributed by atoms with Crippen LogP contribution in [0.1, 0.15) is 12.0 Å². The van der Waals surface area contributed by atoms with Gasteiger partial charge in [0.15, 0.2) is 0 Å². The zero-order valence-corrected chi connectivity index (χ0v) is 26.5. The fourth-order valence-electron chi connectivity index (χ4n) is 8.30. The van der Waals surface area contributed by atoms with Crippen LogP contribution in [0.25, 0.3) is 38.9 Å². The number of hydrogen-bond donors (Lipinski definition) is 0. The predicted molar refractivity (Wildman–Crippen MR) is 193 cm³/mol. The molecule has 4 aliphatic rings. The van der Waals surface area contributed by atoms with E-state index in [1.54, 1.807) is 0 Å². The van der Waals surface area contributed by atoms with E-state index in [0.29, 0.717) is 5.92 Å². The fraction of sp³-hybridized carbons (Fsp3) is 0.116. The molecule has 4 aliphatic carbocycles. The summed E-state index contributed by atoms with van der Waals surface area (Å²) in [6.07, 6.45) is 19.4. The molecule has 2 unspecified atom stereocenters. The highest BCUT2D eigenvalue weighted by molar-refractivity contribution is 6.05. The predicted octanol–water partition coefficient (Wildman–Crippen LogP) is 10.3. The summed E-state index contributed by atoms with van der Waals surface area (Å²) in [6.45, 7) is 2.20. The van der Waals surface area contributed by atoms with Crippen LogP contribution in [0.5, 0.6) is 0 Å². The first kappa shape index (κ1) is 27.2. The number of nitrogens with zero attached hydrogens (tertiary/aromatic N) is 4. The van der Waals surface area contributed by atoms with Crippen molar-refractivity contribution in [3.63, 3.8) is 0 Å². The molecule has 5 heteroatoms. The number of furan rings is 1. The Morgan fingerprint density at radius 2 is 1.58 bits per heavy atom. The number of anilines is 2. The number of fused-ring (bicyclic) bond motifs is 3. The molecular formula is C43H32N4O. The van der Waals surface area contributed by atoms with Crippen molar-refractivity contribution in [1.29, 1.82) is 0 Å². The van der Waals surface area contributed by atoms with Gasteiger partial charge in [-0.2, -0.15) is 0 Å². The van der Waals surface area contributed by atoms with Crippen molar-refractivity contribution in [3.05, 3.63) is 174 Å². The second-order valence-corrected chi connectivity index (χ2v) is 13.1. The van der Waals surface area contributed by atoms with E-state index in [0.717, 1.165) is 45.3 Å². The number of hydrogen-bond acceptors (Lipinski definition) is 4. The lowest BCUT2D eigenvalue weighted by Gasteiger charge is -2.46. The molecule has 10 rings (SSSR count). The molecule has 6 aromatic rings. The lowest BCUT2D eigenvalue weighted by molar-refractivity contribution is 0.356. The first-order chi connectivity index (χ1) is 23.7. The minimum atomic E-state index is 0.261. The average molecular weight is 621 g/mol. The topological polar surface area (TPSA) is 47.1 Å². The molecule has 4 aromatic carbocycles. The van der Waals surface area contributed by atoms with Crippen LogP contribution in [0.2, 0.25) is 0 Å². The lowest BCUT2D eigenvalue weighted by atomic mass is 9.60. The zero-order valence-electron chi connectivity index (χ0n) is 26.5. The summed E-state index contributed by atoms with van der Waals surface area (Å²) in [7, 11) is 0. The molecule has 0 bridgehead atoms. The van der Waals surface area contributed by atoms with Gasteiger partial charge >= 0.3 is 0 Å². The summed E-state index contributed by atoms with van der Waals surface area (Å²) in [6, 6.07) is 33.9. The van der Waals surface area contributed by atoms with Crippen LogP contribution < -0.4 is 4.90 Å². The van der Waals surface area contributed by atoms with Crippen molar-refractivity contribution in [1.82, 2.24) is 15.0 Å². The molecule has 0 fully saturated rings. The maximum Gasteiger partial charge on any atom is 0.136 e. The molecule has 0 spiro atoms. The maximum atomic E-state index is 6.18. The number of benzene rings is 4. The third-order valence-electron chi connectivity index (χ3n) is 10.5. The Morgan fingerprint density at radius 3 is 2.50 bits per heavy atom. The molecule has 5 nitrogen and oxygen atoms in total. The molecule has 0 saturated carbocycles. The summed E-state index contributed by atoms with van der Waals surface area (Å²) in [5, 5.41) is 11.6. The summed E-state index contributed by atoms with van der Waals surface area (Å²) in [5.74, 6) is 0.860. The van der Waals surface area contributed by atoms with E-state index >= 15 is 0 Å². The number of allylic oxidation sites excluding steroid dienone is 11. The van der Waals surface area contributed by atoms with E-state index in [1.807, 2.05) is 22.9 Å². The molecular weight excluding hydrogens is 589 g/mol. The van der Waals surface area contributed by atoms with Gasteiger partial charge in [-0.25, -0.2) is 4.68 Å². The van der Waals surface area contributed by atoms with Crippen molar-refractivity contribution >= 4 is 39.0 Å². The van der Waals surface area contributed by atoms with Gasteiger partial charge in [-0.3, -0.25) is 0 Å². The summed E-state index contributed by atoms with van der Waals surface area (Å²) in [5.41, 5.74) is 13.8. The SMILES string of the molecule is Cc1ccccc1N(C1=C2C=CC3=CC=C(n4cc(-c5ccc6c(c5)oc5ccccc56)nn4)C4CC=C(C=C1)C2[C@@H]34)c1ccccc1. The van der Waals surface area contributed by atoms with Gasteiger partial charge in [-0.05, 0) is 84.2 Å². The summed E-state index contributed by atoms with van der Waals surface area (Å²) >= 11 is 0. The molecule has 2 heterocycles. The monoisotopic (exact) mass is 620 g/mol. The van der Waals surface area contributed by atoms with E-state index in [-0.39, 0.29) is 11.8 Å². The largest absolute Gasteiger partial charge is 0.456 e. The van der Waals surface area contributed by atoms with Gasteiger partial charge in [0.2, 0.25) is 0 Å². The molecule has 0 amide bonds. The Labute approximate surface area is 278 Å². The van der Waals surface area contributed by atoms with E-state index in [1.165, 1.54) is 39.4 Å². The number of aromatic nitrogens is 3. The molecule has 0 N–H and O–H groups in total. The van der Waals surface area contributed by atoms with Crippen LogP contribution in [0.15, 0.2) is 173 Å². The highest BCUT2D eigenvalue weighted by atomic mass is 16.3. The van der Waals surface area contributed by atoms with Gasteiger partial charge < -0.3 is 9.32 Å². The van der Waals surface area contributed by atoms with Gasteiger partial charge in [0.25, 0.3) is 0 Å². The third kappa shape index (κ3) is 4.10. The number of rotatable bonds is 5. The molecule has 0 radical (unpaired) electrons. The van der Waals surface area contributed by atoms with Crippen LogP contribution in [-0.2, 0) is 0 Å². The van der Waals surface area contributed by atoms with Gasteiger partial charge in [-0.15, -0.1) is 5.10 Å². The van der Waals surface area contributed by atoms with Crippen molar-refractivity contribution in [3.8, 4) is 11.3 Å². The van der Waals surface area contributed by atoms with Crippen molar-refractivity contribution in [2.75, 3.05) is 4.90 Å². The number of aryl methyl sites for hydroxylation is 1. The van der Waals surface area contributed by atoms with Gasteiger partial charge in [-0.1, -0.05) is 96.3 Å². The fourth-order valence-corrected chi connectivity index (χ4v) is 8.30. The van der Waals surface area contributed by atoms with Crippen LogP contribution in [0.4, 0.5) is 11.4 Å². The minimum absolute atomic E-state index is 0.261. The van der Waals surface area contributed by atoms with Crippen LogP contribution in [-0.4, -0.2) is 15.0 Å². The Hall–Kier alpha value is -5.94. The Balaban J connectivity index is 1.04. The zero-order chi connectivity index (χ0) is 31.8. The van der Waals surface area contributed by atoms with Crippen LogP contribution in [0, 0.1) is 24.7 Å². The summed E-state index contributed by atoms with van der Waals surface area (Å²) < 4.78 is 8.17. The molecule has 3 atom stereocenters. The Kier molecular flexibility index (Phi) is 5.97. The van der Waals surface area contributed by atoms with E-state index < -0.39 is 0 Å². The lowest BCUT2D eigenvalue weighted by Crippen LogP contribution is -2.38. The molecule has 2 aromatic heterocycles. The van der Waals surface area contributed by atoms with E-state index in [2.05, 4.69) is 145 Å². The van der Waals surface area contributed by atoms with Crippen LogP contribution in [0.3, 0.4) is 0 Å². The highest BCUT2D eigenvalue weighted by Crippen LogP contribution is 2.54. The summed E-state index contributed by atoms with van der Waals surface area (Å²) in [4.78, 5) is 2.43. The molecule has 0 aliphatic heterocycles. The van der Waals surface area contributed by atoms with Crippen molar-refractivity contribution in [2.45, 2.75) is 13.3 Å². The van der Waals surface area contributed by atoms with Crippen molar-refractivity contribution < 1.29 is 4.42 Å².